The van der Waals surface area contributed by atoms with Crippen LogP contribution < -0.4 is 16.4 Å². The van der Waals surface area contributed by atoms with E-state index < -0.39 is 28.0 Å². The summed E-state index contributed by atoms with van der Waals surface area (Å²) < 4.78 is 44.2. The Hall–Kier alpha value is -1.76. The number of hydrogen-bond acceptors (Lipinski definition) is 7. The Morgan fingerprint density at radius 1 is 1.24 bits per heavy atom. The number of nitrogens with two attached hydrogens (primary N) is 1. The first kappa shape index (κ1) is 30.7. The van der Waals surface area contributed by atoms with Gasteiger partial charge in [0.2, 0.25) is 5.91 Å². The highest BCUT2D eigenvalue weighted by Gasteiger charge is 2.45. The number of carbonyl (C=O) groups is 1. The van der Waals surface area contributed by atoms with Crippen LogP contribution in [0.15, 0.2) is 42.5 Å². The fourth-order valence-electron chi connectivity index (χ4n) is 6.88. The Labute approximate surface area is 248 Å². The van der Waals surface area contributed by atoms with Crippen molar-refractivity contribution in [1.29, 1.82) is 0 Å². The molecule has 1 aliphatic carbocycles. The van der Waals surface area contributed by atoms with E-state index in [-0.39, 0.29) is 24.1 Å². The smallest absolute Gasteiger partial charge is 0.242 e. The second kappa shape index (κ2) is 12.9. The van der Waals surface area contributed by atoms with Crippen LogP contribution in [0.5, 0.6) is 0 Å². The summed E-state index contributed by atoms with van der Waals surface area (Å²) in [5.41, 5.74) is 7.90. The van der Waals surface area contributed by atoms with Crippen molar-refractivity contribution >= 4 is 34.0 Å². The zero-order valence-corrected chi connectivity index (χ0v) is 25.1. The molecular formula is C30H42ClFN4O4S. The standard InChI is InChI=1S/C30H42ClFN4O4S/c1-40-24-13-15-30(16-14-24,20-7-9-21(31)10-8-20)28(33)29(37)35-27-6-2-5-26(32)25(27)12-11-23-18-34-22-4-3-17-41(38,39)36(23)19-22/h2,5-10,22-24,28,34,38-39H,3-4,11-19,33H2,1H3,(H,35,37)/t22-,23+,24?,28-,30?/m1/s1. The molecule has 2 aromatic rings. The fourth-order valence-corrected chi connectivity index (χ4v) is 8.87. The van der Waals surface area contributed by atoms with Gasteiger partial charge in [-0.2, -0.15) is 0 Å². The topological polar surface area (TPSA) is 120 Å². The Bertz CT molecular complexity index is 1210. The molecule has 6 N–H and O–H groups in total. The van der Waals surface area contributed by atoms with Gasteiger partial charge in [-0.15, -0.1) is 10.8 Å². The lowest BCUT2D eigenvalue weighted by atomic mass is 9.64. The third kappa shape index (κ3) is 6.60. The molecule has 1 unspecified atom stereocenters. The molecule has 8 nitrogen and oxygen atoms in total. The maximum Gasteiger partial charge on any atom is 0.242 e. The summed E-state index contributed by atoms with van der Waals surface area (Å²) in [6, 6.07) is 11.4. The van der Waals surface area contributed by atoms with E-state index in [1.807, 2.05) is 28.6 Å². The van der Waals surface area contributed by atoms with Crippen LogP contribution >= 0.6 is 22.4 Å². The van der Waals surface area contributed by atoms with Crippen molar-refractivity contribution in [3.05, 3.63) is 64.4 Å². The highest BCUT2D eigenvalue weighted by Crippen LogP contribution is 2.49. The first-order chi connectivity index (χ1) is 19.6. The molecule has 0 aromatic heterocycles. The summed E-state index contributed by atoms with van der Waals surface area (Å²) in [7, 11) is -1.15. The molecule has 4 atom stereocenters. The van der Waals surface area contributed by atoms with Crippen LogP contribution in [-0.2, 0) is 21.4 Å². The summed E-state index contributed by atoms with van der Waals surface area (Å²) in [6.45, 7) is 1.17. The maximum absolute atomic E-state index is 15.2. The molecule has 2 aromatic carbocycles. The van der Waals surface area contributed by atoms with Gasteiger partial charge < -0.3 is 21.1 Å². The molecule has 11 heteroatoms. The van der Waals surface area contributed by atoms with Crippen LogP contribution in [0.3, 0.4) is 0 Å². The average Bonchev–Trinajstić information content (AvgIpc) is 3.08. The Kier molecular flexibility index (Phi) is 9.62. The van der Waals surface area contributed by atoms with Gasteiger partial charge in [0.25, 0.3) is 0 Å². The van der Waals surface area contributed by atoms with E-state index in [1.54, 1.807) is 19.2 Å². The lowest BCUT2D eigenvalue weighted by Gasteiger charge is -2.49. The summed E-state index contributed by atoms with van der Waals surface area (Å²) in [5.74, 6) is -0.416. The van der Waals surface area contributed by atoms with Crippen molar-refractivity contribution in [2.75, 3.05) is 31.3 Å². The summed E-state index contributed by atoms with van der Waals surface area (Å²) in [6.07, 6.45) is 5.53. The van der Waals surface area contributed by atoms with Crippen molar-refractivity contribution in [2.24, 2.45) is 5.73 Å². The number of anilines is 1. The molecule has 1 saturated carbocycles. The number of methoxy groups -OCH3 is 1. The van der Waals surface area contributed by atoms with Crippen molar-refractivity contribution < 1.29 is 23.0 Å². The van der Waals surface area contributed by atoms with Gasteiger partial charge in [0.05, 0.1) is 17.9 Å². The lowest BCUT2D eigenvalue weighted by molar-refractivity contribution is -0.119. The van der Waals surface area contributed by atoms with Gasteiger partial charge in [-0.25, -0.2) is 8.70 Å². The number of ether oxygens (including phenoxy) is 1. The van der Waals surface area contributed by atoms with Crippen LogP contribution in [-0.4, -0.2) is 69.5 Å². The van der Waals surface area contributed by atoms with E-state index in [1.165, 1.54) is 6.07 Å². The normalized spacial score (nSPS) is 31.1. The molecule has 41 heavy (non-hydrogen) atoms. The second-order valence-corrected chi connectivity index (χ2v) is 14.3. The third-order valence-corrected chi connectivity index (χ3v) is 11.6. The van der Waals surface area contributed by atoms with E-state index in [0.29, 0.717) is 60.8 Å². The van der Waals surface area contributed by atoms with Crippen LogP contribution in [0.2, 0.25) is 5.02 Å². The predicted octanol–water partition coefficient (Wildman–Crippen LogP) is 5.31. The monoisotopic (exact) mass is 608 g/mol. The minimum Gasteiger partial charge on any atom is -0.381 e. The first-order valence-corrected chi connectivity index (χ1v) is 16.6. The van der Waals surface area contributed by atoms with E-state index in [2.05, 4.69) is 10.6 Å². The molecule has 2 heterocycles. The SMILES string of the molecule is COC1CCC(c2ccc(Cl)cc2)([C@H](N)C(=O)Nc2cccc(F)c2CC[C@H]2CN[C@@H]3CCCS(O)(O)N2C3)CC1. The molecule has 2 aliphatic heterocycles. The van der Waals surface area contributed by atoms with Gasteiger partial charge in [0, 0.05) is 54.0 Å². The number of nitrogens with one attached hydrogen (secondary N) is 2. The highest BCUT2D eigenvalue weighted by molar-refractivity contribution is 8.22. The molecule has 3 fully saturated rings. The number of carbonyl (C=O) groups excluding carboxylic acids is 1. The van der Waals surface area contributed by atoms with Crippen molar-refractivity contribution in [3.8, 4) is 0 Å². The minimum absolute atomic E-state index is 0.118. The molecule has 3 aliphatic rings. The third-order valence-electron chi connectivity index (χ3n) is 9.36. The summed E-state index contributed by atoms with van der Waals surface area (Å²) in [4.78, 5) is 13.7. The quantitative estimate of drug-likeness (QED) is 0.276. The van der Waals surface area contributed by atoms with Crippen LogP contribution in [0.1, 0.15) is 56.1 Å². The summed E-state index contributed by atoms with van der Waals surface area (Å²) in [5, 5.41) is 7.08. The molecule has 5 rings (SSSR count). The fraction of sp³-hybridized carbons (Fsp3) is 0.567. The van der Waals surface area contributed by atoms with Crippen molar-refractivity contribution in [2.45, 2.75) is 81.0 Å². The molecule has 226 valence electrons. The number of fused-ring (bicyclic) bond motifs is 2. The average molecular weight is 609 g/mol. The molecular weight excluding hydrogens is 567 g/mol. The van der Waals surface area contributed by atoms with E-state index in [0.717, 1.165) is 31.2 Å². The molecule has 2 saturated heterocycles. The largest absolute Gasteiger partial charge is 0.381 e. The molecule has 2 bridgehead atoms. The predicted molar refractivity (Wildman–Crippen MR) is 163 cm³/mol. The van der Waals surface area contributed by atoms with Gasteiger partial charge in [0.15, 0.2) is 0 Å². The first-order valence-electron chi connectivity index (χ1n) is 14.5. The van der Waals surface area contributed by atoms with Gasteiger partial charge in [0.1, 0.15) is 5.82 Å². The zero-order valence-electron chi connectivity index (χ0n) is 23.5. The number of nitrogens with zero attached hydrogens (tertiary/aromatic N) is 1. The van der Waals surface area contributed by atoms with Gasteiger partial charge in [-0.1, -0.05) is 29.8 Å². The maximum atomic E-state index is 15.2. The molecule has 0 radical (unpaired) electrons. The highest BCUT2D eigenvalue weighted by atomic mass is 35.5. The number of benzene rings is 2. The minimum atomic E-state index is -2.85. The van der Waals surface area contributed by atoms with Crippen molar-refractivity contribution in [3.63, 3.8) is 0 Å². The van der Waals surface area contributed by atoms with Crippen LogP contribution in [0.4, 0.5) is 10.1 Å². The van der Waals surface area contributed by atoms with Gasteiger partial charge in [-0.3, -0.25) is 13.9 Å². The number of halogens is 2. The Morgan fingerprint density at radius 2 is 1.98 bits per heavy atom. The van der Waals surface area contributed by atoms with E-state index >= 15 is 4.39 Å². The lowest BCUT2D eigenvalue weighted by Crippen LogP contribution is -2.55. The number of rotatable bonds is 8. The van der Waals surface area contributed by atoms with Crippen molar-refractivity contribution in [1.82, 2.24) is 9.62 Å². The summed E-state index contributed by atoms with van der Waals surface area (Å²) >= 11 is 6.16. The van der Waals surface area contributed by atoms with Crippen LogP contribution in [0.25, 0.3) is 0 Å². The van der Waals surface area contributed by atoms with E-state index in [4.69, 9.17) is 22.1 Å². The Morgan fingerprint density at radius 3 is 2.68 bits per heavy atom. The van der Waals surface area contributed by atoms with Gasteiger partial charge in [-0.05, 0) is 81.2 Å². The number of amides is 1. The zero-order chi connectivity index (χ0) is 29.2. The van der Waals surface area contributed by atoms with E-state index in [9.17, 15) is 13.9 Å². The molecule has 1 amide bonds. The number of hydrogen-bond donors (Lipinski definition) is 5. The van der Waals surface area contributed by atoms with Gasteiger partial charge >= 0.3 is 0 Å². The molecule has 0 spiro atoms. The van der Waals surface area contributed by atoms with Crippen LogP contribution in [0, 0.1) is 5.82 Å². The second-order valence-electron chi connectivity index (χ2n) is 11.7. The Balaban J connectivity index is 1.34. The number of piperazine rings is 1.